The number of allylic oxidation sites excluding steroid dienone is 3. The molecule has 2 rings (SSSR count). The van der Waals surface area contributed by atoms with Gasteiger partial charge in [0, 0.05) is 0 Å². The zero-order valence-corrected chi connectivity index (χ0v) is 11.3. The molecule has 2 atom stereocenters. The minimum absolute atomic E-state index is 0.980. The molecule has 2 aliphatic rings. The van der Waals surface area contributed by atoms with Gasteiger partial charge in [0.1, 0.15) is 0 Å². The third-order valence-corrected chi connectivity index (χ3v) is 4.57. The summed E-state index contributed by atoms with van der Waals surface area (Å²) in [5.41, 5.74) is 1.83. The van der Waals surface area contributed by atoms with Gasteiger partial charge in [-0.2, -0.15) is 0 Å². The van der Waals surface area contributed by atoms with Crippen molar-refractivity contribution >= 4 is 0 Å². The number of rotatable bonds is 9. The topological polar surface area (TPSA) is 0 Å². The van der Waals surface area contributed by atoms with E-state index in [-0.39, 0.29) is 0 Å². The van der Waals surface area contributed by atoms with Crippen LogP contribution < -0.4 is 0 Å². The summed E-state index contributed by atoms with van der Waals surface area (Å²) >= 11 is 0. The predicted octanol–water partition coefficient (Wildman–Crippen LogP) is 5.65. The Morgan fingerprint density at radius 2 is 1.82 bits per heavy atom. The van der Waals surface area contributed by atoms with Gasteiger partial charge in [-0.25, -0.2) is 0 Å². The van der Waals surface area contributed by atoms with Crippen molar-refractivity contribution in [3.05, 3.63) is 24.3 Å². The van der Waals surface area contributed by atoms with Crippen LogP contribution in [0.3, 0.4) is 0 Å². The molecular formula is C17H28. The summed E-state index contributed by atoms with van der Waals surface area (Å²) in [5.74, 6) is 1.99. The molecule has 0 radical (unpaired) electrons. The third-order valence-electron chi connectivity index (χ3n) is 4.57. The Hall–Kier alpha value is -0.520. The second kappa shape index (κ2) is 7.03. The second-order valence-corrected chi connectivity index (χ2v) is 5.96. The van der Waals surface area contributed by atoms with Crippen LogP contribution in [0.15, 0.2) is 24.3 Å². The number of hydrogen-bond donors (Lipinski definition) is 0. The highest BCUT2D eigenvalue weighted by Gasteiger charge is 2.31. The van der Waals surface area contributed by atoms with E-state index in [9.17, 15) is 0 Å². The Kier molecular flexibility index (Phi) is 5.35. The Morgan fingerprint density at radius 1 is 1.06 bits per heavy atom. The summed E-state index contributed by atoms with van der Waals surface area (Å²) in [6.07, 6.45) is 20.3. The quantitative estimate of drug-likeness (QED) is 0.356. The van der Waals surface area contributed by atoms with E-state index in [2.05, 4.69) is 12.7 Å². The van der Waals surface area contributed by atoms with Gasteiger partial charge in [-0.15, -0.1) is 6.58 Å². The van der Waals surface area contributed by atoms with E-state index in [0.29, 0.717) is 0 Å². The first-order valence-corrected chi connectivity index (χ1v) is 7.71. The zero-order chi connectivity index (χ0) is 11.9. The lowest BCUT2D eigenvalue weighted by Gasteiger charge is -2.12. The van der Waals surface area contributed by atoms with Gasteiger partial charge in [-0.1, -0.05) is 43.4 Å². The molecule has 17 heavy (non-hydrogen) atoms. The van der Waals surface area contributed by atoms with E-state index in [1.165, 1.54) is 70.6 Å². The number of hydrogen-bond acceptors (Lipinski definition) is 0. The van der Waals surface area contributed by atoms with Crippen LogP contribution in [0.25, 0.3) is 0 Å². The highest BCUT2D eigenvalue weighted by atomic mass is 14.4. The van der Waals surface area contributed by atoms with Crippen LogP contribution in [-0.2, 0) is 0 Å². The predicted molar refractivity (Wildman–Crippen MR) is 76.0 cm³/mol. The molecule has 0 spiro atoms. The Labute approximate surface area is 107 Å². The maximum atomic E-state index is 3.76. The molecule has 0 amide bonds. The van der Waals surface area contributed by atoms with Gasteiger partial charge in [0.05, 0.1) is 0 Å². The maximum absolute atomic E-state index is 3.76. The third kappa shape index (κ3) is 4.01. The van der Waals surface area contributed by atoms with E-state index in [1.54, 1.807) is 0 Å². The minimum atomic E-state index is 0.980. The fraction of sp³-hybridized carbons (Fsp3) is 0.765. The molecule has 1 fully saturated rings. The van der Waals surface area contributed by atoms with Crippen LogP contribution in [0, 0.1) is 11.8 Å². The standard InChI is InChI=1S/C17H28/c1-2-3-4-5-6-7-8-9-10-16-13-15-11-12-17(16)14-15/h2,13,15,17H,1,3-12,14H2. The van der Waals surface area contributed by atoms with Crippen LogP contribution >= 0.6 is 0 Å². The Bertz CT molecular complexity index is 261. The lowest BCUT2D eigenvalue weighted by atomic mass is 9.93. The summed E-state index contributed by atoms with van der Waals surface area (Å²) in [6, 6.07) is 0. The molecule has 0 aromatic carbocycles. The summed E-state index contributed by atoms with van der Waals surface area (Å²) in [4.78, 5) is 0. The molecule has 0 aromatic heterocycles. The van der Waals surface area contributed by atoms with E-state index >= 15 is 0 Å². The summed E-state index contributed by atoms with van der Waals surface area (Å²) in [7, 11) is 0. The van der Waals surface area contributed by atoms with Gasteiger partial charge in [0.15, 0.2) is 0 Å². The monoisotopic (exact) mass is 232 g/mol. The Balaban J connectivity index is 1.44. The van der Waals surface area contributed by atoms with Crippen LogP contribution in [0.2, 0.25) is 0 Å². The summed E-state index contributed by atoms with van der Waals surface area (Å²) in [6.45, 7) is 3.76. The summed E-state index contributed by atoms with van der Waals surface area (Å²) < 4.78 is 0. The molecule has 0 aromatic rings. The zero-order valence-electron chi connectivity index (χ0n) is 11.3. The molecule has 2 unspecified atom stereocenters. The largest absolute Gasteiger partial charge is 0.103 e. The molecule has 2 bridgehead atoms. The molecule has 0 aliphatic heterocycles. The average Bonchev–Trinajstić information content (AvgIpc) is 2.94. The first kappa shape index (κ1) is 12.9. The number of fused-ring (bicyclic) bond motifs is 2. The highest BCUT2D eigenvalue weighted by Crippen LogP contribution is 2.45. The fourth-order valence-electron chi connectivity index (χ4n) is 3.56. The van der Waals surface area contributed by atoms with Gasteiger partial charge >= 0.3 is 0 Å². The molecular weight excluding hydrogens is 204 g/mol. The van der Waals surface area contributed by atoms with Crippen molar-refractivity contribution in [2.24, 2.45) is 11.8 Å². The number of unbranched alkanes of at least 4 members (excludes halogenated alkanes) is 6. The molecule has 0 heterocycles. The molecule has 0 heteroatoms. The van der Waals surface area contributed by atoms with E-state index in [0.717, 1.165) is 11.8 Å². The van der Waals surface area contributed by atoms with Crippen molar-refractivity contribution in [2.75, 3.05) is 0 Å². The van der Waals surface area contributed by atoms with Crippen LogP contribution in [0.1, 0.15) is 70.6 Å². The van der Waals surface area contributed by atoms with Crippen LogP contribution in [0.4, 0.5) is 0 Å². The van der Waals surface area contributed by atoms with Crippen molar-refractivity contribution < 1.29 is 0 Å². The molecule has 96 valence electrons. The summed E-state index contributed by atoms with van der Waals surface area (Å²) in [5, 5.41) is 0. The highest BCUT2D eigenvalue weighted by molar-refractivity contribution is 5.19. The van der Waals surface area contributed by atoms with Gasteiger partial charge in [-0.3, -0.25) is 0 Å². The molecule has 0 saturated heterocycles. The van der Waals surface area contributed by atoms with Crippen LogP contribution in [0.5, 0.6) is 0 Å². The van der Waals surface area contributed by atoms with Crippen molar-refractivity contribution in [1.82, 2.24) is 0 Å². The Morgan fingerprint density at radius 3 is 2.47 bits per heavy atom. The second-order valence-electron chi connectivity index (χ2n) is 5.96. The van der Waals surface area contributed by atoms with E-state index in [1.807, 2.05) is 11.6 Å². The fourth-order valence-corrected chi connectivity index (χ4v) is 3.56. The maximum Gasteiger partial charge on any atom is -0.0197 e. The van der Waals surface area contributed by atoms with E-state index < -0.39 is 0 Å². The van der Waals surface area contributed by atoms with E-state index in [4.69, 9.17) is 0 Å². The van der Waals surface area contributed by atoms with Gasteiger partial charge in [0.2, 0.25) is 0 Å². The van der Waals surface area contributed by atoms with Crippen molar-refractivity contribution in [2.45, 2.75) is 70.6 Å². The molecule has 2 aliphatic carbocycles. The molecule has 0 N–H and O–H groups in total. The molecule has 1 saturated carbocycles. The van der Waals surface area contributed by atoms with Crippen molar-refractivity contribution in [1.29, 1.82) is 0 Å². The van der Waals surface area contributed by atoms with Gasteiger partial charge < -0.3 is 0 Å². The minimum Gasteiger partial charge on any atom is -0.103 e. The first-order chi connectivity index (χ1) is 8.40. The lowest BCUT2D eigenvalue weighted by molar-refractivity contribution is 0.566. The van der Waals surface area contributed by atoms with Crippen LogP contribution in [-0.4, -0.2) is 0 Å². The van der Waals surface area contributed by atoms with Gasteiger partial charge in [0.25, 0.3) is 0 Å². The first-order valence-electron chi connectivity index (χ1n) is 7.71. The smallest absolute Gasteiger partial charge is 0.0197 e. The average molecular weight is 232 g/mol. The SMILES string of the molecule is C=CCCCCCCCCC1=CC2CCC1C2. The van der Waals surface area contributed by atoms with Crippen molar-refractivity contribution in [3.8, 4) is 0 Å². The molecule has 0 nitrogen and oxygen atoms in total. The lowest BCUT2D eigenvalue weighted by Crippen LogP contribution is -1.97. The van der Waals surface area contributed by atoms with Gasteiger partial charge in [-0.05, 0) is 56.8 Å². The normalized spacial score (nSPS) is 26.2. The van der Waals surface area contributed by atoms with Crippen molar-refractivity contribution in [3.63, 3.8) is 0 Å².